The maximum atomic E-state index is 12.0. The standard InChI is InChI=1S/C14H20ClN3O2/c1-20-13-3-2-11(6-12(13)15)17-14(19)9-18-5-4-10(7-16)8-18/h2-3,6,10H,4-5,7-9,16H2,1H3,(H,17,19). The molecule has 0 saturated carbocycles. The Morgan fingerprint density at radius 2 is 2.40 bits per heavy atom. The number of benzene rings is 1. The van der Waals surface area contributed by atoms with E-state index < -0.39 is 0 Å². The molecule has 0 aromatic heterocycles. The Kier molecular flexibility index (Phi) is 5.23. The highest BCUT2D eigenvalue weighted by molar-refractivity contribution is 6.32. The van der Waals surface area contributed by atoms with E-state index in [4.69, 9.17) is 22.1 Å². The van der Waals surface area contributed by atoms with Gasteiger partial charge in [-0.15, -0.1) is 0 Å². The van der Waals surface area contributed by atoms with Gasteiger partial charge >= 0.3 is 0 Å². The number of anilines is 1. The van der Waals surface area contributed by atoms with Crippen molar-refractivity contribution in [3.05, 3.63) is 23.2 Å². The van der Waals surface area contributed by atoms with E-state index in [1.54, 1.807) is 25.3 Å². The number of likely N-dealkylation sites (tertiary alicyclic amines) is 1. The lowest BCUT2D eigenvalue weighted by Gasteiger charge is -2.15. The smallest absolute Gasteiger partial charge is 0.238 e. The van der Waals surface area contributed by atoms with Gasteiger partial charge in [0.05, 0.1) is 18.7 Å². The number of amides is 1. The highest BCUT2D eigenvalue weighted by atomic mass is 35.5. The Balaban J connectivity index is 1.87. The zero-order valence-electron chi connectivity index (χ0n) is 11.6. The summed E-state index contributed by atoms with van der Waals surface area (Å²) in [6.07, 6.45) is 1.07. The Labute approximate surface area is 124 Å². The molecule has 0 spiro atoms. The molecule has 1 aliphatic heterocycles. The summed E-state index contributed by atoms with van der Waals surface area (Å²) < 4.78 is 5.07. The van der Waals surface area contributed by atoms with Crippen LogP contribution < -0.4 is 15.8 Å². The number of carbonyl (C=O) groups is 1. The molecule has 6 heteroatoms. The van der Waals surface area contributed by atoms with Gasteiger partial charge in [-0.3, -0.25) is 9.69 Å². The van der Waals surface area contributed by atoms with Crippen LogP contribution in [-0.2, 0) is 4.79 Å². The minimum absolute atomic E-state index is 0.0381. The van der Waals surface area contributed by atoms with Gasteiger partial charge in [0.1, 0.15) is 5.75 Å². The summed E-state index contributed by atoms with van der Waals surface area (Å²) in [6, 6.07) is 5.19. The first kappa shape index (κ1) is 15.1. The molecule has 0 radical (unpaired) electrons. The van der Waals surface area contributed by atoms with Crippen LogP contribution in [0, 0.1) is 5.92 Å². The van der Waals surface area contributed by atoms with E-state index in [2.05, 4.69) is 10.2 Å². The van der Waals surface area contributed by atoms with E-state index in [0.29, 0.717) is 35.5 Å². The van der Waals surface area contributed by atoms with Gasteiger partial charge in [0.25, 0.3) is 0 Å². The molecular formula is C14H20ClN3O2. The molecule has 1 saturated heterocycles. The Bertz CT molecular complexity index is 481. The number of nitrogens with one attached hydrogen (secondary N) is 1. The van der Waals surface area contributed by atoms with Crippen LogP contribution >= 0.6 is 11.6 Å². The third-order valence-corrected chi connectivity index (χ3v) is 3.80. The van der Waals surface area contributed by atoms with Gasteiger partial charge in [-0.2, -0.15) is 0 Å². The first-order valence-electron chi connectivity index (χ1n) is 6.68. The van der Waals surface area contributed by atoms with E-state index in [0.717, 1.165) is 19.5 Å². The molecule has 1 heterocycles. The molecule has 1 atom stereocenters. The maximum Gasteiger partial charge on any atom is 0.238 e. The average molecular weight is 298 g/mol. The fourth-order valence-corrected chi connectivity index (χ4v) is 2.65. The van der Waals surface area contributed by atoms with Crippen LogP contribution in [0.2, 0.25) is 5.02 Å². The van der Waals surface area contributed by atoms with Crippen LogP contribution in [0.5, 0.6) is 5.75 Å². The summed E-state index contributed by atoms with van der Waals surface area (Å²) in [5.74, 6) is 1.07. The van der Waals surface area contributed by atoms with Crippen molar-refractivity contribution in [1.82, 2.24) is 4.90 Å². The molecular weight excluding hydrogens is 278 g/mol. The van der Waals surface area contributed by atoms with Crippen molar-refractivity contribution in [2.75, 3.05) is 38.6 Å². The molecule has 0 bridgehead atoms. The molecule has 5 nitrogen and oxygen atoms in total. The summed E-state index contributed by atoms with van der Waals surface area (Å²) in [6.45, 7) is 2.90. The molecule has 1 unspecified atom stereocenters. The van der Waals surface area contributed by atoms with Crippen molar-refractivity contribution < 1.29 is 9.53 Å². The minimum atomic E-state index is -0.0381. The van der Waals surface area contributed by atoms with Crippen molar-refractivity contribution >= 4 is 23.2 Å². The predicted octanol–water partition coefficient (Wildman–Crippen LogP) is 1.57. The first-order chi connectivity index (χ1) is 9.62. The first-order valence-corrected chi connectivity index (χ1v) is 7.06. The highest BCUT2D eigenvalue weighted by Gasteiger charge is 2.22. The molecule has 0 aliphatic carbocycles. The fourth-order valence-electron chi connectivity index (χ4n) is 2.40. The number of hydrogen-bond donors (Lipinski definition) is 2. The van der Waals surface area contributed by atoms with Gasteiger partial charge in [0, 0.05) is 12.2 Å². The van der Waals surface area contributed by atoms with Gasteiger partial charge in [0.2, 0.25) is 5.91 Å². The van der Waals surface area contributed by atoms with Crippen molar-refractivity contribution in [1.29, 1.82) is 0 Å². The van der Waals surface area contributed by atoms with Crippen molar-refractivity contribution in [3.8, 4) is 5.75 Å². The number of carbonyl (C=O) groups excluding carboxylic acids is 1. The number of nitrogens with two attached hydrogens (primary N) is 1. The fraction of sp³-hybridized carbons (Fsp3) is 0.500. The quantitative estimate of drug-likeness (QED) is 0.866. The molecule has 1 aliphatic rings. The van der Waals surface area contributed by atoms with Crippen LogP contribution in [0.4, 0.5) is 5.69 Å². The lowest BCUT2D eigenvalue weighted by molar-refractivity contribution is -0.117. The third kappa shape index (κ3) is 3.85. The Morgan fingerprint density at radius 3 is 3.00 bits per heavy atom. The van der Waals surface area contributed by atoms with Crippen LogP contribution in [0.1, 0.15) is 6.42 Å². The molecule has 1 fully saturated rings. The lowest BCUT2D eigenvalue weighted by Crippen LogP contribution is -2.32. The third-order valence-electron chi connectivity index (χ3n) is 3.51. The van der Waals surface area contributed by atoms with Crippen LogP contribution in [-0.4, -0.2) is 44.1 Å². The molecule has 20 heavy (non-hydrogen) atoms. The van der Waals surface area contributed by atoms with Gasteiger partial charge in [-0.1, -0.05) is 11.6 Å². The minimum Gasteiger partial charge on any atom is -0.495 e. The Morgan fingerprint density at radius 1 is 1.60 bits per heavy atom. The monoisotopic (exact) mass is 297 g/mol. The molecule has 1 aromatic rings. The van der Waals surface area contributed by atoms with E-state index >= 15 is 0 Å². The van der Waals surface area contributed by atoms with Crippen LogP contribution in [0.25, 0.3) is 0 Å². The van der Waals surface area contributed by atoms with Gasteiger partial charge in [-0.05, 0) is 43.6 Å². The van der Waals surface area contributed by atoms with Crippen LogP contribution in [0.15, 0.2) is 18.2 Å². The molecule has 110 valence electrons. The number of ether oxygens (including phenoxy) is 1. The summed E-state index contributed by atoms with van der Waals surface area (Å²) in [5, 5.41) is 3.32. The largest absolute Gasteiger partial charge is 0.495 e. The SMILES string of the molecule is COc1ccc(NC(=O)CN2CCC(CN)C2)cc1Cl. The second kappa shape index (κ2) is 6.92. The van der Waals surface area contributed by atoms with Gasteiger partial charge in [0.15, 0.2) is 0 Å². The zero-order chi connectivity index (χ0) is 14.5. The topological polar surface area (TPSA) is 67.6 Å². The number of rotatable bonds is 5. The summed E-state index contributed by atoms with van der Waals surface area (Å²) in [5.41, 5.74) is 6.32. The second-order valence-corrected chi connectivity index (χ2v) is 5.43. The number of hydrogen-bond acceptors (Lipinski definition) is 4. The van der Waals surface area contributed by atoms with Crippen molar-refractivity contribution in [2.24, 2.45) is 11.7 Å². The summed E-state index contributed by atoms with van der Waals surface area (Å²) in [7, 11) is 1.56. The predicted molar refractivity (Wildman–Crippen MR) is 80.2 cm³/mol. The number of methoxy groups -OCH3 is 1. The van der Waals surface area contributed by atoms with Crippen LogP contribution in [0.3, 0.4) is 0 Å². The maximum absolute atomic E-state index is 12.0. The molecule has 3 N–H and O–H groups in total. The van der Waals surface area contributed by atoms with E-state index in [-0.39, 0.29) is 5.91 Å². The molecule has 1 aromatic carbocycles. The normalized spacial score (nSPS) is 19.1. The summed E-state index contributed by atoms with van der Waals surface area (Å²) in [4.78, 5) is 14.1. The number of halogens is 1. The van der Waals surface area contributed by atoms with Crippen molar-refractivity contribution in [3.63, 3.8) is 0 Å². The number of nitrogens with zero attached hydrogens (tertiary/aromatic N) is 1. The Hall–Kier alpha value is -1.30. The van der Waals surface area contributed by atoms with E-state index in [9.17, 15) is 4.79 Å². The highest BCUT2D eigenvalue weighted by Crippen LogP contribution is 2.27. The van der Waals surface area contributed by atoms with Gasteiger partial charge < -0.3 is 15.8 Å². The second-order valence-electron chi connectivity index (χ2n) is 5.02. The zero-order valence-corrected chi connectivity index (χ0v) is 12.3. The van der Waals surface area contributed by atoms with E-state index in [1.807, 2.05) is 0 Å². The lowest BCUT2D eigenvalue weighted by atomic mass is 10.1. The van der Waals surface area contributed by atoms with Gasteiger partial charge in [-0.25, -0.2) is 0 Å². The summed E-state index contributed by atoms with van der Waals surface area (Å²) >= 11 is 6.02. The molecule has 2 rings (SSSR count). The average Bonchev–Trinajstić information content (AvgIpc) is 2.86. The molecule has 1 amide bonds. The van der Waals surface area contributed by atoms with E-state index in [1.165, 1.54) is 0 Å². The van der Waals surface area contributed by atoms with Crippen molar-refractivity contribution in [2.45, 2.75) is 6.42 Å².